The van der Waals surface area contributed by atoms with Crippen LogP contribution in [0, 0.1) is 0 Å². The van der Waals surface area contributed by atoms with E-state index in [4.69, 9.17) is 9.47 Å². The SMILES string of the molecule is CC(C)(C)OC(=O)CCCCSSCCCNC(=O)OC(C)(C)C. The van der Waals surface area contributed by atoms with Crippen molar-refractivity contribution < 1.29 is 19.1 Å². The van der Waals surface area contributed by atoms with E-state index >= 15 is 0 Å². The zero-order chi connectivity index (χ0) is 18.6. The fourth-order valence-corrected chi connectivity index (χ4v) is 3.81. The van der Waals surface area contributed by atoms with Crippen molar-refractivity contribution in [3.63, 3.8) is 0 Å². The molecule has 0 heterocycles. The average Bonchev–Trinajstić information content (AvgIpc) is 2.36. The second kappa shape index (κ2) is 11.9. The predicted molar refractivity (Wildman–Crippen MR) is 103 cm³/mol. The summed E-state index contributed by atoms with van der Waals surface area (Å²) in [5.74, 6) is 1.88. The lowest BCUT2D eigenvalue weighted by molar-refractivity contribution is -0.154. The van der Waals surface area contributed by atoms with Crippen LogP contribution < -0.4 is 5.32 Å². The van der Waals surface area contributed by atoms with E-state index in [9.17, 15) is 9.59 Å². The molecule has 0 aromatic heterocycles. The molecule has 0 aliphatic carbocycles. The van der Waals surface area contributed by atoms with Gasteiger partial charge in [-0.15, -0.1) is 0 Å². The van der Waals surface area contributed by atoms with Gasteiger partial charge in [-0.25, -0.2) is 4.79 Å². The molecular formula is C17H33NO4S2. The quantitative estimate of drug-likeness (QED) is 0.334. The molecule has 5 nitrogen and oxygen atoms in total. The zero-order valence-electron chi connectivity index (χ0n) is 15.9. The highest BCUT2D eigenvalue weighted by Crippen LogP contribution is 2.23. The molecule has 1 amide bonds. The summed E-state index contributed by atoms with van der Waals surface area (Å²) in [6.45, 7) is 11.8. The molecule has 0 radical (unpaired) electrons. The fraction of sp³-hybridized carbons (Fsp3) is 0.882. The van der Waals surface area contributed by atoms with Crippen LogP contribution >= 0.6 is 21.6 Å². The highest BCUT2D eigenvalue weighted by Gasteiger charge is 2.16. The summed E-state index contributed by atoms with van der Waals surface area (Å²) in [7, 11) is 3.60. The second-order valence-corrected chi connectivity index (χ2v) is 10.2. The van der Waals surface area contributed by atoms with Crippen LogP contribution in [0.25, 0.3) is 0 Å². The van der Waals surface area contributed by atoms with Crippen LogP contribution in [0.1, 0.15) is 67.2 Å². The first kappa shape index (κ1) is 23.4. The van der Waals surface area contributed by atoms with Gasteiger partial charge in [0.1, 0.15) is 11.2 Å². The first-order valence-electron chi connectivity index (χ1n) is 8.43. The molecule has 0 saturated heterocycles. The summed E-state index contributed by atoms with van der Waals surface area (Å²) in [6.07, 6.45) is 2.91. The van der Waals surface area contributed by atoms with Gasteiger partial charge in [-0.05, 0) is 60.8 Å². The van der Waals surface area contributed by atoms with Crippen molar-refractivity contribution in [3.05, 3.63) is 0 Å². The van der Waals surface area contributed by atoms with Crippen molar-refractivity contribution in [1.29, 1.82) is 0 Å². The smallest absolute Gasteiger partial charge is 0.407 e. The zero-order valence-corrected chi connectivity index (χ0v) is 17.5. The van der Waals surface area contributed by atoms with Crippen LogP contribution in [0.2, 0.25) is 0 Å². The second-order valence-electron chi connectivity index (χ2n) is 7.47. The number of rotatable bonds is 10. The van der Waals surface area contributed by atoms with E-state index in [1.54, 1.807) is 10.8 Å². The highest BCUT2D eigenvalue weighted by atomic mass is 33.1. The summed E-state index contributed by atoms with van der Waals surface area (Å²) >= 11 is 0. The standard InChI is InChI=1S/C17H33NO4S2/c1-16(2,3)21-14(19)10-7-8-12-23-24-13-9-11-18-15(20)22-17(4,5)6/h7-13H2,1-6H3,(H,18,20). The lowest BCUT2D eigenvalue weighted by Crippen LogP contribution is -2.33. The third kappa shape index (κ3) is 17.8. The Morgan fingerprint density at radius 2 is 1.38 bits per heavy atom. The van der Waals surface area contributed by atoms with Gasteiger partial charge in [0.25, 0.3) is 0 Å². The molecule has 0 rings (SSSR count). The molecule has 0 aromatic carbocycles. The molecule has 0 atom stereocenters. The van der Waals surface area contributed by atoms with Gasteiger partial charge in [0, 0.05) is 24.5 Å². The number of hydrogen-bond donors (Lipinski definition) is 1. The van der Waals surface area contributed by atoms with E-state index in [2.05, 4.69) is 5.32 Å². The molecule has 142 valence electrons. The van der Waals surface area contributed by atoms with Crippen LogP contribution in [-0.2, 0) is 14.3 Å². The normalized spacial score (nSPS) is 11.9. The molecule has 0 aliphatic heterocycles. The summed E-state index contributed by atoms with van der Waals surface area (Å²) in [5.41, 5.74) is -0.844. The lowest BCUT2D eigenvalue weighted by Gasteiger charge is -2.19. The van der Waals surface area contributed by atoms with E-state index < -0.39 is 11.2 Å². The third-order valence-corrected chi connectivity index (χ3v) is 5.01. The molecule has 0 fully saturated rings. The number of alkyl carbamates (subject to hydrolysis) is 1. The van der Waals surface area contributed by atoms with Crippen LogP contribution in [0.5, 0.6) is 0 Å². The number of hydrogen-bond acceptors (Lipinski definition) is 6. The minimum absolute atomic E-state index is 0.117. The summed E-state index contributed by atoms with van der Waals surface area (Å²) in [6, 6.07) is 0. The van der Waals surface area contributed by atoms with Crippen LogP contribution in [0.4, 0.5) is 4.79 Å². The lowest BCUT2D eigenvalue weighted by atomic mass is 10.2. The summed E-state index contributed by atoms with van der Waals surface area (Å²) < 4.78 is 10.4. The number of carbonyl (C=O) groups is 2. The molecule has 0 bridgehead atoms. The number of esters is 1. The largest absolute Gasteiger partial charge is 0.460 e. The first-order valence-corrected chi connectivity index (χ1v) is 10.9. The van der Waals surface area contributed by atoms with Gasteiger partial charge in [-0.1, -0.05) is 21.6 Å². The Kier molecular flexibility index (Phi) is 11.6. The number of amides is 1. The van der Waals surface area contributed by atoms with Crippen LogP contribution in [0.15, 0.2) is 0 Å². The van der Waals surface area contributed by atoms with Gasteiger partial charge in [-0.2, -0.15) is 0 Å². The van der Waals surface area contributed by atoms with Crippen molar-refractivity contribution in [3.8, 4) is 0 Å². The van der Waals surface area contributed by atoms with Gasteiger partial charge in [0.15, 0.2) is 0 Å². The Bertz CT molecular complexity index is 340. The Hall–Kier alpha value is -0.560. The van der Waals surface area contributed by atoms with Crippen LogP contribution in [0.3, 0.4) is 0 Å². The fourth-order valence-electron chi connectivity index (χ4n) is 1.58. The number of nitrogens with one attached hydrogen (secondary N) is 1. The minimum atomic E-state index is -0.450. The molecule has 0 aliphatic rings. The van der Waals surface area contributed by atoms with Crippen molar-refractivity contribution in [2.75, 3.05) is 18.1 Å². The predicted octanol–water partition coefficient (Wildman–Crippen LogP) is 4.79. The Balaban J connectivity index is 3.37. The molecule has 0 unspecified atom stereocenters. The van der Waals surface area contributed by atoms with E-state index in [1.165, 1.54) is 0 Å². The maximum atomic E-state index is 11.5. The van der Waals surface area contributed by atoms with E-state index in [0.717, 1.165) is 30.8 Å². The molecule has 7 heteroatoms. The minimum Gasteiger partial charge on any atom is -0.460 e. The molecule has 1 N–H and O–H groups in total. The Morgan fingerprint density at radius 1 is 0.833 bits per heavy atom. The Morgan fingerprint density at radius 3 is 1.92 bits per heavy atom. The Labute approximate surface area is 154 Å². The molecule has 24 heavy (non-hydrogen) atoms. The van der Waals surface area contributed by atoms with Crippen molar-refractivity contribution in [1.82, 2.24) is 5.32 Å². The van der Waals surface area contributed by atoms with E-state index in [0.29, 0.717) is 13.0 Å². The third-order valence-electron chi connectivity index (χ3n) is 2.43. The number of carbonyl (C=O) groups excluding carboxylic acids is 2. The average molecular weight is 380 g/mol. The van der Waals surface area contributed by atoms with Gasteiger partial charge < -0.3 is 14.8 Å². The molecule has 0 spiro atoms. The topological polar surface area (TPSA) is 64.6 Å². The van der Waals surface area contributed by atoms with Crippen LogP contribution in [-0.4, -0.2) is 41.3 Å². The van der Waals surface area contributed by atoms with E-state index in [1.807, 2.05) is 52.3 Å². The summed E-state index contributed by atoms with van der Waals surface area (Å²) in [5, 5.41) is 2.75. The van der Waals surface area contributed by atoms with Crippen molar-refractivity contribution in [2.45, 2.75) is 78.4 Å². The molecule has 0 saturated carbocycles. The maximum Gasteiger partial charge on any atom is 0.407 e. The van der Waals surface area contributed by atoms with Crippen molar-refractivity contribution >= 4 is 33.7 Å². The van der Waals surface area contributed by atoms with Gasteiger partial charge >= 0.3 is 12.1 Å². The molecular weight excluding hydrogens is 346 g/mol. The van der Waals surface area contributed by atoms with Crippen molar-refractivity contribution in [2.24, 2.45) is 0 Å². The number of ether oxygens (including phenoxy) is 2. The van der Waals surface area contributed by atoms with E-state index in [-0.39, 0.29) is 12.1 Å². The first-order chi connectivity index (χ1) is 11.0. The van der Waals surface area contributed by atoms with Gasteiger partial charge in [0.2, 0.25) is 0 Å². The number of unbranched alkanes of at least 4 members (excludes halogenated alkanes) is 1. The van der Waals surface area contributed by atoms with Gasteiger partial charge in [-0.3, -0.25) is 4.79 Å². The van der Waals surface area contributed by atoms with Gasteiger partial charge in [0.05, 0.1) is 0 Å². The maximum absolute atomic E-state index is 11.5. The monoisotopic (exact) mass is 379 g/mol. The highest BCUT2D eigenvalue weighted by molar-refractivity contribution is 8.76. The summed E-state index contributed by atoms with van der Waals surface area (Å²) in [4.78, 5) is 23.0. The molecule has 0 aromatic rings.